The summed E-state index contributed by atoms with van der Waals surface area (Å²) in [5.41, 5.74) is 6.02. The van der Waals surface area contributed by atoms with Gasteiger partial charge in [0.15, 0.2) is 0 Å². The molecule has 0 radical (unpaired) electrons. The van der Waals surface area contributed by atoms with Gasteiger partial charge in [-0.15, -0.1) is 0 Å². The van der Waals surface area contributed by atoms with E-state index in [1.165, 1.54) is 22.5 Å². The number of aryl methyl sites for hydroxylation is 1. The van der Waals surface area contributed by atoms with Crippen LogP contribution in [0.15, 0.2) is 23.1 Å². The summed E-state index contributed by atoms with van der Waals surface area (Å²) < 4.78 is 39.4. The molecule has 1 aliphatic rings. The molecule has 1 aromatic carbocycles. The third kappa shape index (κ3) is 2.28. The number of nitrogens with zero attached hydrogens (tertiary/aromatic N) is 1. The zero-order chi connectivity index (χ0) is 13.3. The summed E-state index contributed by atoms with van der Waals surface area (Å²) in [6.07, 6.45) is 1.61. The second-order valence-electron chi connectivity index (χ2n) is 4.56. The Bertz CT molecular complexity index is 545. The molecule has 1 heterocycles. The lowest BCUT2D eigenvalue weighted by atomic mass is 10.2. The summed E-state index contributed by atoms with van der Waals surface area (Å²) in [5, 5.41) is 0. The van der Waals surface area contributed by atoms with E-state index in [0.717, 1.165) is 12.8 Å². The largest absolute Gasteiger partial charge is 0.329 e. The van der Waals surface area contributed by atoms with Crippen molar-refractivity contribution in [1.29, 1.82) is 0 Å². The van der Waals surface area contributed by atoms with Gasteiger partial charge in [0.1, 0.15) is 5.82 Å². The van der Waals surface area contributed by atoms with Gasteiger partial charge < -0.3 is 5.73 Å². The number of benzene rings is 1. The van der Waals surface area contributed by atoms with Crippen LogP contribution in [-0.2, 0) is 10.0 Å². The molecule has 0 amide bonds. The molecule has 0 unspecified atom stereocenters. The van der Waals surface area contributed by atoms with Crippen molar-refractivity contribution >= 4 is 10.0 Å². The molecule has 0 spiro atoms. The van der Waals surface area contributed by atoms with E-state index in [4.69, 9.17) is 5.73 Å². The van der Waals surface area contributed by atoms with Gasteiger partial charge in [0.25, 0.3) is 0 Å². The van der Waals surface area contributed by atoms with Crippen molar-refractivity contribution in [3.8, 4) is 0 Å². The highest BCUT2D eigenvalue weighted by atomic mass is 32.2. The number of hydrogen-bond donors (Lipinski definition) is 1. The van der Waals surface area contributed by atoms with Crippen molar-refractivity contribution in [3.05, 3.63) is 29.6 Å². The van der Waals surface area contributed by atoms with Crippen LogP contribution < -0.4 is 5.73 Å². The smallest absolute Gasteiger partial charge is 0.243 e. The molecule has 2 rings (SSSR count). The van der Waals surface area contributed by atoms with E-state index in [1.807, 2.05) is 0 Å². The Morgan fingerprint density at radius 3 is 2.83 bits per heavy atom. The van der Waals surface area contributed by atoms with Crippen molar-refractivity contribution in [3.63, 3.8) is 0 Å². The van der Waals surface area contributed by atoms with Crippen molar-refractivity contribution in [1.82, 2.24) is 4.31 Å². The molecule has 1 fully saturated rings. The summed E-state index contributed by atoms with van der Waals surface area (Å²) in [7, 11) is -3.56. The van der Waals surface area contributed by atoms with Crippen LogP contribution in [0.2, 0.25) is 0 Å². The van der Waals surface area contributed by atoms with E-state index in [1.54, 1.807) is 6.92 Å². The fourth-order valence-corrected chi connectivity index (χ4v) is 4.30. The van der Waals surface area contributed by atoms with E-state index < -0.39 is 15.8 Å². The number of hydrogen-bond acceptors (Lipinski definition) is 3. The van der Waals surface area contributed by atoms with E-state index in [0.29, 0.717) is 18.7 Å². The van der Waals surface area contributed by atoms with E-state index in [-0.39, 0.29) is 10.9 Å². The third-order valence-electron chi connectivity index (χ3n) is 3.32. The fourth-order valence-electron chi connectivity index (χ4n) is 2.39. The van der Waals surface area contributed by atoms with Crippen LogP contribution >= 0.6 is 0 Å². The molecule has 1 aliphatic heterocycles. The topological polar surface area (TPSA) is 63.4 Å². The minimum absolute atomic E-state index is 0.139. The Hall–Kier alpha value is -0.980. The summed E-state index contributed by atoms with van der Waals surface area (Å²) >= 11 is 0. The highest BCUT2D eigenvalue weighted by molar-refractivity contribution is 7.89. The van der Waals surface area contributed by atoms with Crippen LogP contribution in [0.5, 0.6) is 0 Å². The molecule has 6 heteroatoms. The minimum Gasteiger partial charge on any atom is -0.329 e. The first-order valence-corrected chi connectivity index (χ1v) is 7.39. The lowest BCUT2D eigenvalue weighted by Crippen LogP contribution is -2.40. The Kier molecular flexibility index (Phi) is 3.70. The Morgan fingerprint density at radius 1 is 1.50 bits per heavy atom. The van der Waals surface area contributed by atoms with Crippen molar-refractivity contribution in [2.45, 2.75) is 30.7 Å². The molecule has 0 aromatic heterocycles. The second kappa shape index (κ2) is 4.95. The monoisotopic (exact) mass is 272 g/mol. The Labute approximate surface area is 107 Å². The van der Waals surface area contributed by atoms with Gasteiger partial charge in [-0.2, -0.15) is 4.31 Å². The normalized spacial score (nSPS) is 21.4. The molecule has 18 heavy (non-hydrogen) atoms. The molecule has 1 atom stereocenters. The zero-order valence-corrected chi connectivity index (χ0v) is 11.1. The van der Waals surface area contributed by atoms with Gasteiger partial charge in [-0.05, 0) is 43.5 Å². The zero-order valence-electron chi connectivity index (χ0n) is 10.3. The van der Waals surface area contributed by atoms with E-state index in [9.17, 15) is 12.8 Å². The lowest BCUT2D eigenvalue weighted by Gasteiger charge is -2.23. The van der Waals surface area contributed by atoms with E-state index >= 15 is 0 Å². The fraction of sp³-hybridized carbons (Fsp3) is 0.500. The molecular weight excluding hydrogens is 255 g/mol. The maximum atomic E-state index is 13.0. The predicted octanol–water partition coefficient (Wildman–Crippen LogP) is 1.25. The first-order valence-electron chi connectivity index (χ1n) is 5.95. The van der Waals surface area contributed by atoms with Crippen LogP contribution in [0.25, 0.3) is 0 Å². The third-order valence-corrected chi connectivity index (χ3v) is 5.43. The van der Waals surface area contributed by atoms with E-state index in [2.05, 4.69) is 0 Å². The molecule has 0 saturated carbocycles. The molecule has 0 bridgehead atoms. The van der Waals surface area contributed by atoms with Gasteiger partial charge in [-0.1, -0.05) is 0 Å². The summed E-state index contributed by atoms with van der Waals surface area (Å²) in [6, 6.07) is 3.60. The number of halogens is 1. The van der Waals surface area contributed by atoms with Gasteiger partial charge in [0, 0.05) is 19.1 Å². The van der Waals surface area contributed by atoms with Crippen LogP contribution in [0, 0.1) is 12.7 Å². The van der Waals surface area contributed by atoms with Crippen LogP contribution in [0.1, 0.15) is 18.4 Å². The van der Waals surface area contributed by atoms with Crippen LogP contribution in [-0.4, -0.2) is 31.9 Å². The molecule has 100 valence electrons. The van der Waals surface area contributed by atoms with Gasteiger partial charge in [0.2, 0.25) is 10.0 Å². The van der Waals surface area contributed by atoms with Gasteiger partial charge in [-0.25, -0.2) is 12.8 Å². The quantitative estimate of drug-likeness (QED) is 0.900. The lowest BCUT2D eigenvalue weighted by molar-refractivity contribution is 0.392. The standard InChI is InChI=1S/C12H17FN2O2S/c1-9-7-10(13)4-5-12(9)18(16,17)15-6-2-3-11(15)8-14/h4-5,7,11H,2-3,6,8,14H2,1H3/t11-/m0/s1. The van der Waals surface area contributed by atoms with Gasteiger partial charge in [0.05, 0.1) is 4.90 Å². The van der Waals surface area contributed by atoms with Crippen molar-refractivity contribution in [2.75, 3.05) is 13.1 Å². The van der Waals surface area contributed by atoms with Gasteiger partial charge >= 0.3 is 0 Å². The Morgan fingerprint density at radius 2 is 2.22 bits per heavy atom. The summed E-state index contributed by atoms with van der Waals surface area (Å²) in [6.45, 7) is 2.41. The SMILES string of the molecule is Cc1cc(F)ccc1S(=O)(=O)N1CCC[C@H]1CN. The average molecular weight is 272 g/mol. The van der Waals surface area contributed by atoms with Crippen LogP contribution in [0.3, 0.4) is 0 Å². The molecule has 1 saturated heterocycles. The molecule has 0 aliphatic carbocycles. The highest BCUT2D eigenvalue weighted by Gasteiger charge is 2.35. The molecular formula is C12H17FN2O2S. The maximum Gasteiger partial charge on any atom is 0.243 e. The number of sulfonamides is 1. The molecule has 2 N–H and O–H groups in total. The second-order valence-corrected chi connectivity index (χ2v) is 6.42. The summed E-state index contributed by atoms with van der Waals surface area (Å²) in [5.74, 6) is -0.428. The maximum absolute atomic E-state index is 13.0. The predicted molar refractivity (Wildman–Crippen MR) is 67.1 cm³/mol. The number of rotatable bonds is 3. The average Bonchev–Trinajstić information content (AvgIpc) is 2.76. The molecule has 1 aromatic rings. The van der Waals surface area contributed by atoms with Gasteiger partial charge in [-0.3, -0.25) is 0 Å². The first kappa shape index (κ1) is 13.5. The van der Waals surface area contributed by atoms with Crippen LogP contribution in [0.4, 0.5) is 4.39 Å². The minimum atomic E-state index is -3.56. The van der Waals surface area contributed by atoms with Crippen molar-refractivity contribution in [2.24, 2.45) is 5.73 Å². The van der Waals surface area contributed by atoms with Crippen molar-refractivity contribution < 1.29 is 12.8 Å². The highest BCUT2D eigenvalue weighted by Crippen LogP contribution is 2.27. The number of nitrogens with two attached hydrogens (primary N) is 1. The summed E-state index contributed by atoms with van der Waals surface area (Å²) in [4.78, 5) is 0.171. The first-order chi connectivity index (χ1) is 8.46. The Balaban J connectivity index is 2.42. The molecule has 4 nitrogen and oxygen atoms in total.